The molecule has 0 spiro atoms. The van der Waals surface area contributed by atoms with Gasteiger partial charge in [0.1, 0.15) is 18.4 Å². The molecule has 0 bridgehead atoms. The van der Waals surface area contributed by atoms with Crippen LogP contribution in [0.3, 0.4) is 0 Å². The minimum Gasteiger partial charge on any atom is -0.444 e. The number of ether oxygens (including phenoxy) is 1. The molecule has 2 N–H and O–H groups in total. The molecule has 6 heteroatoms. The number of aldehydes is 1. The highest BCUT2D eigenvalue weighted by Crippen LogP contribution is 2.06. The zero-order valence-corrected chi connectivity index (χ0v) is 11.6. The summed E-state index contributed by atoms with van der Waals surface area (Å²) in [5, 5.41) is 4.83. The molecule has 2 amide bonds. The number of rotatable bonds is 5. The average Bonchev–Trinajstić information content (AvgIpc) is 2.20. The number of amides is 2. The molecular formula is C12H22N2O4. The van der Waals surface area contributed by atoms with Gasteiger partial charge >= 0.3 is 6.09 Å². The van der Waals surface area contributed by atoms with E-state index in [1.54, 1.807) is 20.8 Å². The lowest BCUT2D eigenvalue weighted by Gasteiger charge is -2.20. The molecule has 6 nitrogen and oxygen atoms in total. The fourth-order valence-electron chi connectivity index (χ4n) is 1.06. The molecule has 0 aliphatic heterocycles. The van der Waals surface area contributed by atoms with E-state index in [4.69, 9.17) is 4.74 Å². The lowest BCUT2D eigenvalue weighted by molar-refractivity contribution is -0.123. The van der Waals surface area contributed by atoms with Gasteiger partial charge in [-0.3, -0.25) is 4.79 Å². The van der Waals surface area contributed by atoms with Gasteiger partial charge < -0.3 is 20.2 Å². The molecule has 0 rings (SSSR count). The predicted octanol–water partition coefficient (Wildman–Crippen LogP) is 0.851. The van der Waals surface area contributed by atoms with E-state index in [-0.39, 0.29) is 12.5 Å². The van der Waals surface area contributed by atoms with E-state index in [1.807, 2.05) is 13.8 Å². The van der Waals surface area contributed by atoms with Gasteiger partial charge in [-0.15, -0.1) is 0 Å². The lowest BCUT2D eigenvalue weighted by Crippen LogP contribution is -2.45. The van der Waals surface area contributed by atoms with E-state index in [0.29, 0.717) is 6.29 Å². The number of carbonyl (C=O) groups is 3. The molecule has 0 fully saturated rings. The van der Waals surface area contributed by atoms with Crippen LogP contribution >= 0.6 is 0 Å². The van der Waals surface area contributed by atoms with Gasteiger partial charge in [-0.25, -0.2) is 4.79 Å². The summed E-state index contributed by atoms with van der Waals surface area (Å²) in [7, 11) is 0. The SMILES string of the molecule is CC(C)[C@@H](C=O)NC(=O)CNC(=O)OC(C)(C)C. The molecule has 0 aromatic heterocycles. The van der Waals surface area contributed by atoms with Crippen molar-refractivity contribution in [2.24, 2.45) is 5.92 Å². The second-order valence-electron chi connectivity index (χ2n) is 5.33. The molecule has 0 radical (unpaired) electrons. The van der Waals surface area contributed by atoms with Crippen molar-refractivity contribution in [1.82, 2.24) is 10.6 Å². The Hall–Kier alpha value is -1.59. The van der Waals surface area contributed by atoms with Crippen LogP contribution in [0.4, 0.5) is 4.79 Å². The molecule has 0 saturated heterocycles. The molecule has 18 heavy (non-hydrogen) atoms. The highest BCUT2D eigenvalue weighted by molar-refractivity contribution is 5.84. The molecule has 0 aromatic carbocycles. The van der Waals surface area contributed by atoms with Crippen molar-refractivity contribution < 1.29 is 19.1 Å². The summed E-state index contributed by atoms with van der Waals surface area (Å²) in [6.07, 6.45) is 0.0145. The number of hydrogen-bond acceptors (Lipinski definition) is 4. The monoisotopic (exact) mass is 258 g/mol. The van der Waals surface area contributed by atoms with Crippen LogP contribution in [-0.4, -0.2) is 36.5 Å². The minimum absolute atomic E-state index is 0.00739. The smallest absolute Gasteiger partial charge is 0.408 e. The fraction of sp³-hybridized carbons (Fsp3) is 0.750. The quantitative estimate of drug-likeness (QED) is 0.716. The first kappa shape index (κ1) is 16.4. The third-order valence-corrected chi connectivity index (χ3v) is 1.98. The standard InChI is InChI=1S/C12H22N2O4/c1-8(2)9(7-15)14-10(16)6-13-11(17)18-12(3,4)5/h7-9H,6H2,1-5H3,(H,13,17)(H,14,16)/t9-/m1/s1. The summed E-state index contributed by atoms with van der Waals surface area (Å²) in [6, 6.07) is -0.544. The molecule has 1 atom stereocenters. The minimum atomic E-state index is -0.662. The van der Waals surface area contributed by atoms with Crippen LogP contribution in [0.1, 0.15) is 34.6 Å². The Labute approximate surface area is 107 Å². The maximum Gasteiger partial charge on any atom is 0.408 e. The molecule has 0 unspecified atom stereocenters. The molecule has 0 heterocycles. The zero-order valence-electron chi connectivity index (χ0n) is 11.6. The number of carbonyl (C=O) groups excluding carboxylic acids is 3. The molecule has 104 valence electrons. The van der Waals surface area contributed by atoms with Crippen LogP contribution in [0.2, 0.25) is 0 Å². The Bertz CT molecular complexity index is 308. The van der Waals surface area contributed by atoms with Crippen LogP contribution in [0, 0.1) is 5.92 Å². The maximum atomic E-state index is 11.4. The van der Waals surface area contributed by atoms with Crippen LogP contribution in [0.25, 0.3) is 0 Å². The zero-order chi connectivity index (χ0) is 14.3. The predicted molar refractivity (Wildman–Crippen MR) is 67.1 cm³/mol. The van der Waals surface area contributed by atoms with E-state index in [1.165, 1.54) is 0 Å². The van der Waals surface area contributed by atoms with Gasteiger partial charge in [-0.1, -0.05) is 13.8 Å². The average molecular weight is 258 g/mol. The van der Waals surface area contributed by atoms with Gasteiger partial charge in [0.25, 0.3) is 0 Å². The number of alkyl carbamates (subject to hydrolysis) is 1. The van der Waals surface area contributed by atoms with E-state index in [9.17, 15) is 14.4 Å². The van der Waals surface area contributed by atoms with Gasteiger partial charge in [0, 0.05) is 0 Å². The number of hydrogen-bond donors (Lipinski definition) is 2. The third-order valence-electron chi connectivity index (χ3n) is 1.98. The second-order valence-corrected chi connectivity index (χ2v) is 5.33. The molecule has 0 aromatic rings. The molecular weight excluding hydrogens is 236 g/mol. The van der Waals surface area contributed by atoms with Gasteiger partial charge in [0.2, 0.25) is 5.91 Å². The molecule has 0 saturated carbocycles. The lowest BCUT2D eigenvalue weighted by atomic mass is 10.1. The Kier molecular flexibility index (Phi) is 6.36. The summed E-state index contributed by atoms with van der Waals surface area (Å²) in [4.78, 5) is 33.4. The van der Waals surface area contributed by atoms with Crippen LogP contribution in [0.5, 0.6) is 0 Å². The Morgan fingerprint density at radius 1 is 1.28 bits per heavy atom. The first-order valence-corrected chi connectivity index (χ1v) is 5.87. The largest absolute Gasteiger partial charge is 0.444 e. The fourth-order valence-corrected chi connectivity index (χ4v) is 1.06. The van der Waals surface area contributed by atoms with Gasteiger partial charge in [-0.2, -0.15) is 0 Å². The van der Waals surface area contributed by atoms with Crippen molar-refractivity contribution >= 4 is 18.3 Å². The summed E-state index contributed by atoms with van der Waals surface area (Å²) in [6.45, 7) is 8.61. The molecule has 0 aliphatic rings. The van der Waals surface area contributed by atoms with Crippen LogP contribution in [-0.2, 0) is 14.3 Å². The first-order chi connectivity index (χ1) is 8.15. The normalized spacial score (nSPS) is 12.8. The van der Waals surface area contributed by atoms with Crippen LogP contribution < -0.4 is 10.6 Å². The van der Waals surface area contributed by atoms with Crippen molar-refractivity contribution in [1.29, 1.82) is 0 Å². The van der Waals surface area contributed by atoms with Crippen molar-refractivity contribution in [2.45, 2.75) is 46.3 Å². The highest BCUT2D eigenvalue weighted by atomic mass is 16.6. The summed E-state index contributed by atoms with van der Waals surface area (Å²) >= 11 is 0. The van der Waals surface area contributed by atoms with Crippen molar-refractivity contribution in [2.75, 3.05) is 6.54 Å². The van der Waals surface area contributed by atoms with Gasteiger partial charge in [-0.05, 0) is 26.7 Å². The van der Waals surface area contributed by atoms with Gasteiger partial charge in [0.05, 0.1) is 6.04 Å². The second kappa shape index (κ2) is 6.98. The Balaban J connectivity index is 4.04. The Morgan fingerprint density at radius 3 is 2.22 bits per heavy atom. The van der Waals surface area contributed by atoms with E-state index < -0.39 is 23.6 Å². The van der Waals surface area contributed by atoms with Crippen molar-refractivity contribution in [3.63, 3.8) is 0 Å². The maximum absolute atomic E-state index is 11.4. The van der Waals surface area contributed by atoms with Crippen molar-refractivity contribution in [3.8, 4) is 0 Å². The summed E-state index contributed by atoms with van der Waals surface area (Å²) < 4.78 is 4.97. The number of nitrogens with one attached hydrogen (secondary N) is 2. The van der Waals surface area contributed by atoms with E-state index >= 15 is 0 Å². The summed E-state index contributed by atoms with van der Waals surface area (Å²) in [5.41, 5.74) is -0.607. The molecule has 0 aliphatic carbocycles. The first-order valence-electron chi connectivity index (χ1n) is 5.87. The topological polar surface area (TPSA) is 84.5 Å². The third kappa shape index (κ3) is 7.65. The van der Waals surface area contributed by atoms with E-state index in [0.717, 1.165) is 0 Å². The highest BCUT2D eigenvalue weighted by Gasteiger charge is 2.18. The van der Waals surface area contributed by atoms with E-state index in [2.05, 4.69) is 10.6 Å². The summed E-state index contributed by atoms with van der Waals surface area (Å²) in [5.74, 6) is -0.417. The Morgan fingerprint density at radius 2 is 1.83 bits per heavy atom. The van der Waals surface area contributed by atoms with Crippen LogP contribution in [0.15, 0.2) is 0 Å². The van der Waals surface area contributed by atoms with Crippen molar-refractivity contribution in [3.05, 3.63) is 0 Å². The van der Waals surface area contributed by atoms with Gasteiger partial charge in [0.15, 0.2) is 0 Å².